The lowest BCUT2D eigenvalue weighted by molar-refractivity contribution is -0.137. The van der Waals surface area contributed by atoms with Crippen LogP contribution < -0.4 is 9.80 Å². The highest BCUT2D eigenvalue weighted by molar-refractivity contribution is 5.53. The summed E-state index contributed by atoms with van der Waals surface area (Å²) in [5.74, 6) is 2.15. The second-order valence-corrected chi connectivity index (χ2v) is 8.18. The third kappa shape index (κ3) is 4.48. The zero-order valence-electron chi connectivity index (χ0n) is 18.1. The van der Waals surface area contributed by atoms with E-state index in [0.29, 0.717) is 49.9 Å². The molecule has 6 nitrogen and oxygen atoms in total. The molecule has 0 saturated carbocycles. The normalized spacial score (nSPS) is 14.8. The third-order valence-electron chi connectivity index (χ3n) is 5.81. The third-order valence-corrected chi connectivity index (χ3v) is 5.81. The smallest absolute Gasteiger partial charge is 0.368 e. The van der Waals surface area contributed by atoms with Crippen LogP contribution in [-0.4, -0.2) is 45.8 Å². The second kappa shape index (κ2) is 8.38. The van der Waals surface area contributed by atoms with E-state index < -0.39 is 11.7 Å². The van der Waals surface area contributed by atoms with Gasteiger partial charge in [-0.1, -0.05) is 36.4 Å². The quantitative estimate of drug-likeness (QED) is 0.460. The summed E-state index contributed by atoms with van der Waals surface area (Å²) in [6.45, 7) is 4.45. The molecule has 33 heavy (non-hydrogen) atoms. The molecule has 1 aliphatic rings. The van der Waals surface area contributed by atoms with E-state index in [1.54, 1.807) is 10.6 Å². The lowest BCUT2D eigenvalue weighted by atomic mass is 10.1. The van der Waals surface area contributed by atoms with Crippen LogP contribution in [0.1, 0.15) is 22.6 Å². The summed E-state index contributed by atoms with van der Waals surface area (Å²) in [7, 11) is 0. The first-order valence-corrected chi connectivity index (χ1v) is 10.8. The molecule has 3 heterocycles. The Balaban J connectivity index is 1.36. The van der Waals surface area contributed by atoms with Crippen LogP contribution in [0.3, 0.4) is 0 Å². The summed E-state index contributed by atoms with van der Waals surface area (Å²) in [4.78, 5) is 13.3. The van der Waals surface area contributed by atoms with Gasteiger partial charge in [-0.15, -0.1) is 5.10 Å². The molecule has 0 aliphatic carbocycles. The Morgan fingerprint density at radius 2 is 1.58 bits per heavy atom. The number of hydrogen-bond donors (Lipinski definition) is 0. The van der Waals surface area contributed by atoms with Gasteiger partial charge in [0, 0.05) is 50.0 Å². The van der Waals surface area contributed by atoms with E-state index in [-0.39, 0.29) is 0 Å². The van der Waals surface area contributed by atoms with Crippen molar-refractivity contribution in [2.45, 2.75) is 19.5 Å². The van der Waals surface area contributed by atoms with Gasteiger partial charge in [0.15, 0.2) is 5.82 Å². The molecule has 0 atom stereocenters. The molecule has 170 valence electrons. The summed E-state index contributed by atoms with van der Waals surface area (Å²) < 4.78 is 41.1. The molecule has 2 aromatic carbocycles. The maximum absolute atomic E-state index is 13.1. The van der Waals surface area contributed by atoms with Gasteiger partial charge < -0.3 is 9.80 Å². The summed E-state index contributed by atoms with van der Waals surface area (Å²) >= 11 is 0. The minimum Gasteiger partial charge on any atom is -0.368 e. The fraction of sp³-hybridized carbons (Fsp3) is 0.292. The fourth-order valence-electron chi connectivity index (χ4n) is 4.16. The van der Waals surface area contributed by atoms with Gasteiger partial charge in [-0.2, -0.15) is 22.7 Å². The van der Waals surface area contributed by atoms with Crippen LogP contribution in [0.4, 0.5) is 24.7 Å². The lowest BCUT2D eigenvalue weighted by Gasteiger charge is -2.37. The topological polar surface area (TPSA) is 49.6 Å². The monoisotopic (exact) mass is 452 g/mol. The minimum absolute atomic E-state index is 0.552. The van der Waals surface area contributed by atoms with E-state index in [4.69, 9.17) is 5.10 Å². The van der Waals surface area contributed by atoms with Gasteiger partial charge in [0.2, 0.25) is 0 Å². The zero-order valence-corrected chi connectivity index (χ0v) is 18.1. The number of halogens is 3. The number of aryl methyl sites for hydroxylation is 1. The summed E-state index contributed by atoms with van der Waals surface area (Å²) in [6.07, 6.45) is -3.73. The van der Waals surface area contributed by atoms with Gasteiger partial charge in [-0.05, 0) is 30.7 Å². The molecule has 0 unspecified atom stereocenters. The number of rotatable bonds is 4. The number of hydrogen-bond acceptors (Lipinski definition) is 5. The largest absolute Gasteiger partial charge is 0.416 e. The van der Waals surface area contributed by atoms with E-state index >= 15 is 0 Å². The molecule has 0 radical (unpaired) electrons. The second-order valence-electron chi connectivity index (χ2n) is 8.18. The van der Waals surface area contributed by atoms with Crippen molar-refractivity contribution in [3.05, 3.63) is 83.3 Å². The van der Waals surface area contributed by atoms with Gasteiger partial charge in [0.25, 0.3) is 5.78 Å². The predicted octanol–water partition coefficient (Wildman–Crippen LogP) is 4.37. The van der Waals surface area contributed by atoms with Crippen LogP contribution >= 0.6 is 0 Å². The highest BCUT2D eigenvalue weighted by atomic mass is 19.4. The van der Waals surface area contributed by atoms with E-state index in [1.165, 1.54) is 12.1 Å². The highest BCUT2D eigenvalue weighted by Crippen LogP contribution is 2.32. The van der Waals surface area contributed by atoms with Crippen molar-refractivity contribution in [2.24, 2.45) is 0 Å². The summed E-state index contributed by atoms with van der Waals surface area (Å²) in [5, 5.41) is 4.70. The standard InChI is InChI=1S/C24H23F3N6/c1-17-14-22(33-23(28-17)29-21(30-33)15-18-6-3-2-4-7-18)32-12-10-31(11-13-32)20-9-5-8-19(16-20)24(25,26)27/h2-9,14,16H,10-13,15H2,1H3. The molecule has 9 heteroatoms. The molecular formula is C24H23F3N6. The van der Waals surface area contributed by atoms with Crippen molar-refractivity contribution >= 4 is 17.3 Å². The number of piperazine rings is 1. The Morgan fingerprint density at radius 3 is 2.30 bits per heavy atom. The molecule has 0 amide bonds. The molecule has 1 fully saturated rings. The number of nitrogens with zero attached hydrogens (tertiary/aromatic N) is 6. The molecule has 2 aromatic heterocycles. The van der Waals surface area contributed by atoms with Gasteiger partial charge in [0.05, 0.1) is 5.56 Å². The van der Waals surface area contributed by atoms with Crippen LogP contribution in [0.15, 0.2) is 60.7 Å². The SMILES string of the molecule is Cc1cc(N2CCN(c3cccc(C(F)(F)F)c3)CC2)n2nc(Cc3ccccc3)nc2n1. The van der Waals surface area contributed by atoms with E-state index in [0.717, 1.165) is 23.1 Å². The van der Waals surface area contributed by atoms with Crippen LogP contribution in [0.5, 0.6) is 0 Å². The first-order chi connectivity index (χ1) is 15.9. The first kappa shape index (κ1) is 21.2. The van der Waals surface area contributed by atoms with Crippen molar-refractivity contribution in [3.63, 3.8) is 0 Å². The Labute approximate surface area is 189 Å². The van der Waals surface area contributed by atoms with E-state index in [9.17, 15) is 13.2 Å². The highest BCUT2D eigenvalue weighted by Gasteiger charge is 2.31. The van der Waals surface area contributed by atoms with E-state index in [1.807, 2.05) is 48.2 Å². The Morgan fingerprint density at radius 1 is 0.848 bits per heavy atom. The van der Waals surface area contributed by atoms with Crippen LogP contribution in [0.2, 0.25) is 0 Å². The molecule has 5 rings (SSSR count). The molecule has 1 aliphatic heterocycles. The average molecular weight is 452 g/mol. The maximum atomic E-state index is 13.1. The Hall–Kier alpha value is -3.62. The predicted molar refractivity (Wildman–Crippen MR) is 121 cm³/mol. The first-order valence-electron chi connectivity index (χ1n) is 10.8. The number of fused-ring (bicyclic) bond motifs is 1. The van der Waals surface area contributed by atoms with Gasteiger partial charge in [0.1, 0.15) is 5.82 Å². The molecule has 0 bridgehead atoms. The Bertz CT molecular complexity index is 1260. The number of benzene rings is 2. The number of aromatic nitrogens is 4. The van der Waals surface area contributed by atoms with Gasteiger partial charge in [-0.3, -0.25) is 0 Å². The molecule has 0 spiro atoms. The van der Waals surface area contributed by atoms with Crippen molar-refractivity contribution in [1.82, 2.24) is 19.6 Å². The minimum atomic E-state index is -4.34. The summed E-state index contributed by atoms with van der Waals surface area (Å²) in [5.41, 5.74) is 1.94. The fourth-order valence-corrected chi connectivity index (χ4v) is 4.16. The molecular weight excluding hydrogens is 429 g/mol. The lowest BCUT2D eigenvalue weighted by Crippen LogP contribution is -2.47. The van der Waals surface area contributed by atoms with Crippen molar-refractivity contribution in [2.75, 3.05) is 36.0 Å². The zero-order chi connectivity index (χ0) is 23.0. The molecule has 1 saturated heterocycles. The molecule has 0 N–H and O–H groups in total. The van der Waals surface area contributed by atoms with Gasteiger partial charge in [-0.25, -0.2) is 4.98 Å². The van der Waals surface area contributed by atoms with Crippen LogP contribution in [-0.2, 0) is 12.6 Å². The van der Waals surface area contributed by atoms with Crippen molar-refractivity contribution in [1.29, 1.82) is 0 Å². The van der Waals surface area contributed by atoms with Crippen LogP contribution in [0.25, 0.3) is 5.78 Å². The van der Waals surface area contributed by atoms with Crippen molar-refractivity contribution < 1.29 is 13.2 Å². The maximum Gasteiger partial charge on any atom is 0.416 e. The van der Waals surface area contributed by atoms with Gasteiger partial charge >= 0.3 is 6.18 Å². The Kier molecular flexibility index (Phi) is 5.39. The summed E-state index contributed by atoms with van der Waals surface area (Å²) in [6, 6.07) is 17.5. The van der Waals surface area contributed by atoms with E-state index in [2.05, 4.69) is 14.9 Å². The van der Waals surface area contributed by atoms with Crippen LogP contribution in [0, 0.1) is 6.92 Å². The molecule has 4 aromatic rings. The number of anilines is 2. The average Bonchev–Trinajstić information content (AvgIpc) is 3.21. The van der Waals surface area contributed by atoms with Crippen molar-refractivity contribution in [3.8, 4) is 0 Å². The number of alkyl halides is 3.